The molecule has 0 aliphatic rings. The monoisotopic (exact) mass is 467 g/mol. The molecule has 3 rings (SSSR count). The minimum Gasteiger partial charge on any atom is -0.493 e. The molecule has 178 valence electrons. The fourth-order valence-corrected chi connectivity index (χ4v) is 3.47. The van der Waals surface area contributed by atoms with Crippen LogP contribution < -0.4 is 14.2 Å². The Balaban J connectivity index is 0.000000944. The molecule has 2 heterocycles. The average Bonchev–Trinajstić information content (AvgIpc) is 3.24. The molecular formula is C22H33N3O6S. The summed E-state index contributed by atoms with van der Waals surface area (Å²) in [5.74, 6) is 1.44. The number of aliphatic hydroxyl groups is 1. The maximum Gasteiger partial charge on any atom is 0.313 e. The second-order valence-corrected chi connectivity index (χ2v) is 7.44. The largest absolute Gasteiger partial charge is 0.493 e. The Hall–Kier alpha value is -2.69. The molecule has 9 nitrogen and oxygen atoms in total. The Bertz CT molecular complexity index is 979. The van der Waals surface area contributed by atoms with E-state index < -0.39 is 17.3 Å². The van der Waals surface area contributed by atoms with Gasteiger partial charge in [-0.2, -0.15) is 0 Å². The number of benzene rings is 1. The van der Waals surface area contributed by atoms with Crippen LogP contribution in [0.2, 0.25) is 0 Å². The number of hydrogen-bond acceptors (Lipinski definition) is 8. The molecule has 0 amide bonds. The van der Waals surface area contributed by atoms with E-state index in [0.29, 0.717) is 39.1 Å². The highest BCUT2D eigenvalue weighted by molar-refractivity contribution is 7.84. The fourth-order valence-electron chi connectivity index (χ4n) is 2.46. The van der Waals surface area contributed by atoms with Gasteiger partial charge in [0.25, 0.3) is 0 Å². The normalized spacial score (nSPS) is 12.0. The van der Waals surface area contributed by atoms with Gasteiger partial charge in [-0.15, -0.1) is 0 Å². The van der Waals surface area contributed by atoms with Gasteiger partial charge in [-0.25, -0.2) is 4.98 Å². The molecule has 2 aromatic heterocycles. The van der Waals surface area contributed by atoms with Crippen molar-refractivity contribution >= 4 is 21.8 Å². The zero-order valence-corrected chi connectivity index (χ0v) is 20.5. The van der Waals surface area contributed by atoms with Crippen molar-refractivity contribution in [1.29, 1.82) is 0 Å². The third-order valence-electron chi connectivity index (χ3n) is 3.72. The number of methoxy groups -OCH3 is 3. The minimum absolute atomic E-state index is 0.103. The number of aliphatic hydroxyl groups excluding tert-OH is 1. The summed E-state index contributed by atoms with van der Waals surface area (Å²) >= 11 is 0. The van der Waals surface area contributed by atoms with Crippen molar-refractivity contribution in [2.45, 2.75) is 51.5 Å². The molecular weight excluding hydrogens is 434 g/mol. The number of ether oxygens (including phenoxy) is 4. The summed E-state index contributed by atoms with van der Waals surface area (Å²) in [6.45, 7) is 6.88. The predicted octanol–water partition coefficient (Wildman–Crippen LogP) is 4.03. The third-order valence-corrected chi connectivity index (χ3v) is 4.88. The molecule has 0 spiro atoms. The summed E-state index contributed by atoms with van der Waals surface area (Å²) in [6, 6.07) is 6.62. The van der Waals surface area contributed by atoms with E-state index in [1.54, 1.807) is 30.5 Å². The molecule has 2 atom stereocenters. The van der Waals surface area contributed by atoms with Gasteiger partial charge in [-0.3, -0.25) is 9.19 Å². The Morgan fingerprint density at radius 1 is 1.12 bits per heavy atom. The van der Waals surface area contributed by atoms with Crippen LogP contribution in [-0.2, 0) is 21.3 Å². The van der Waals surface area contributed by atoms with E-state index >= 15 is 0 Å². The van der Waals surface area contributed by atoms with Gasteiger partial charge in [0.2, 0.25) is 0 Å². The number of pyridine rings is 1. The maximum absolute atomic E-state index is 12.8. The number of aromatic nitrogens is 3. The molecule has 0 saturated heterocycles. The van der Waals surface area contributed by atoms with Gasteiger partial charge in [0.05, 0.1) is 47.5 Å². The standard InChI is InChI=1S/C17H19N3O6S.C3H8.C2H6/c1-23-14-6-7-18-13(15(14)24-2)9-27(22)16-19-11-5-4-10(8-12(11)20-16)26-17(21)25-3;1-3-2;1-2/h4-8,17,21H,9H2,1-3H3,(H,19,20);3H2,1-2H3;1-2H3. The van der Waals surface area contributed by atoms with Crippen LogP contribution in [-0.4, -0.2) is 52.1 Å². The first-order valence-corrected chi connectivity index (χ1v) is 11.6. The molecule has 2 unspecified atom stereocenters. The smallest absolute Gasteiger partial charge is 0.313 e. The van der Waals surface area contributed by atoms with E-state index in [-0.39, 0.29) is 5.75 Å². The molecule has 0 saturated carbocycles. The molecule has 0 aliphatic carbocycles. The Kier molecular flexibility index (Phi) is 12.3. The lowest BCUT2D eigenvalue weighted by atomic mass is 10.3. The summed E-state index contributed by atoms with van der Waals surface area (Å²) in [7, 11) is 2.86. The average molecular weight is 468 g/mol. The van der Waals surface area contributed by atoms with Crippen LogP contribution in [0.3, 0.4) is 0 Å². The molecule has 3 aromatic rings. The predicted molar refractivity (Wildman–Crippen MR) is 125 cm³/mol. The topological polar surface area (TPSA) is 116 Å². The Morgan fingerprint density at radius 2 is 1.81 bits per heavy atom. The fraction of sp³-hybridized carbons (Fsp3) is 0.455. The number of H-pyrrole nitrogens is 1. The van der Waals surface area contributed by atoms with Gasteiger partial charge >= 0.3 is 6.48 Å². The van der Waals surface area contributed by atoms with Crippen molar-refractivity contribution < 1.29 is 28.3 Å². The molecule has 0 radical (unpaired) electrons. The van der Waals surface area contributed by atoms with E-state index in [0.717, 1.165) is 0 Å². The number of nitrogens with zero attached hydrogens (tertiary/aromatic N) is 2. The van der Waals surface area contributed by atoms with Gasteiger partial charge in [-0.05, 0) is 12.1 Å². The van der Waals surface area contributed by atoms with Crippen molar-refractivity contribution in [1.82, 2.24) is 15.0 Å². The first-order chi connectivity index (χ1) is 15.5. The van der Waals surface area contributed by atoms with Crippen LogP contribution >= 0.6 is 0 Å². The summed E-state index contributed by atoms with van der Waals surface area (Å²) in [5, 5.41) is 9.68. The lowest BCUT2D eigenvalue weighted by Gasteiger charge is -2.10. The second-order valence-electron chi connectivity index (χ2n) is 6.07. The lowest BCUT2D eigenvalue weighted by Crippen LogP contribution is -2.17. The van der Waals surface area contributed by atoms with Crippen LogP contribution in [0.15, 0.2) is 35.6 Å². The van der Waals surface area contributed by atoms with E-state index in [1.165, 1.54) is 27.8 Å². The molecule has 2 N–H and O–H groups in total. The SMILES string of the molecule is CC.CCC.COc1ccnc(CS(=O)c2nc3ccc(OC(O)OC)cc3[nH]2)c1OC. The zero-order chi connectivity index (χ0) is 24.1. The highest BCUT2D eigenvalue weighted by Crippen LogP contribution is 2.30. The first kappa shape index (κ1) is 27.3. The number of aromatic amines is 1. The molecule has 1 aromatic carbocycles. The number of imidazole rings is 1. The van der Waals surface area contributed by atoms with E-state index in [2.05, 4.69) is 33.5 Å². The molecule has 10 heteroatoms. The van der Waals surface area contributed by atoms with Crippen molar-refractivity contribution in [3.8, 4) is 17.2 Å². The van der Waals surface area contributed by atoms with Crippen molar-refractivity contribution in [3.63, 3.8) is 0 Å². The summed E-state index contributed by atoms with van der Waals surface area (Å²) in [5.41, 5.74) is 1.73. The molecule has 32 heavy (non-hydrogen) atoms. The Labute approximate surface area is 191 Å². The van der Waals surface area contributed by atoms with E-state index in [9.17, 15) is 9.32 Å². The summed E-state index contributed by atoms with van der Waals surface area (Å²) < 4.78 is 33.1. The van der Waals surface area contributed by atoms with Crippen molar-refractivity contribution in [3.05, 3.63) is 36.2 Å². The van der Waals surface area contributed by atoms with Gasteiger partial charge < -0.3 is 29.0 Å². The quantitative estimate of drug-likeness (QED) is 0.477. The zero-order valence-electron chi connectivity index (χ0n) is 19.7. The third kappa shape index (κ3) is 7.47. The Morgan fingerprint density at radius 3 is 2.41 bits per heavy atom. The van der Waals surface area contributed by atoms with Crippen molar-refractivity contribution in [2.75, 3.05) is 21.3 Å². The van der Waals surface area contributed by atoms with Crippen LogP contribution in [0, 0.1) is 0 Å². The maximum atomic E-state index is 12.8. The molecule has 0 bridgehead atoms. The van der Waals surface area contributed by atoms with Crippen molar-refractivity contribution in [2.24, 2.45) is 0 Å². The van der Waals surface area contributed by atoms with Gasteiger partial charge in [0.1, 0.15) is 5.75 Å². The van der Waals surface area contributed by atoms with Crippen LogP contribution in [0.1, 0.15) is 39.8 Å². The van der Waals surface area contributed by atoms with Gasteiger partial charge in [-0.1, -0.05) is 34.1 Å². The summed E-state index contributed by atoms with van der Waals surface area (Å²) in [4.78, 5) is 11.6. The van der Waals surface area contributed by atoms with Gasteiger partial charge in [0.15, 0.2) is 16.7 Å². The van der Waals surface area contributed by atoms with Crippen LogP contribution in [0.4, 0.5) is 0 Å². The van der Waals surface area contributed by atoms with Crippen LogP contribution in [0.5, 0.6) is 17.2 Å². The van der Waals surface area contributed by atoms with E-state index in [4.69, 9.17) is 14.2 Å². The lowest BCUT2D eigenvalue weighted by molar-refractivity contribution is -0.200. The summed E-state index contributed by atoms with van der Waals surface area (Å²) in [6.07, 6.45) is 2.82. The number of hydrogen-bond donors (Lipinski definition) is 2. The first-order valence-electron chi connectivity index (χ1n) is 10.3. The number of rotatable bonds is 8. The minimum atomic E-state index is -1.49. The second kappa shape index (κ2) is 14.4. The molecule has 0 aliphatic heterocycles. The highest BCUT2D eigenvalue weighted by atomic mass is 32.2. The number of nitrogens with one attached hydrogen (secondary N) is 1. The molecule has 0 fully saturated rings. The highest BCUT2D eigenvalue weighted by Gasteiger charge is 2.17. The van der Waals surface area contributed by atoms with Gasteiger partial charge in [0, 0.05) is 25.4 Å². The van der Waals surface area contributed by atoms with Crippen LogP contribution in [0.25, 0.3) is 11.0 Å². The van der Waals surface area contributed by atoms with E-state index in [1.807, 2.05) is 13.8 Å². The number of fused-ring (bicyclic) bond motifs is 1.